The summed E-state index contributed by atoms with van der Waals surface area (Å²) in [5, 5.41) is 37.7. The van der Waals surface area contributed by atoms with Crippen molar-refractivity contribution >= 4 is 26.8 Å². The van der Waals surface area contributed by atoms with Gasteiger partial charge >= 0.3 is 134 Å². The van der Waals surface area contributed by atoms with Gasteiger partial charge in [-0.05, 0) is 0 Å². The number of hydrogen-bond acceptors (Lipinski definition) is 8. The van der Waals surface area contributed by atoms with Crippen LogP contribution < -0.4 is 0 Å². The molecule has 2 aromatic carbocycles. The van der Waals surface area contributed by atoms with Gasteiger partial charge in [-0.2, -0.15) is 0 Å². The topological polar surface area (TPSA) is 156 Å². The van der Waals surface area contributed by atoms with Crippen molar-refractivity contribution in [2.45, 2.75) is 0 Å². The van der Waals surface area contributed by atoms with Crippen LogP contribution in [0.5, 0.6) is 23.0 Å². The second-order valence-corrected chi connectivity index (χ2v) is 11.1. The fraction of sp³-hybridized carbons (Fsp3) is 0. The van der Waals surface area contributed by atoms with E-state index >= 15 is 0 Å². The van der Waals surface area contributed by atoms with Gasteiger partial charge in [0.05, 0.1) is 0 Å². The molecule has 0 radical (unpaired) electrons. The fourth-order valence-electron chi connectivity index (χ4n) is 1.89. The van der Waals surface area contributed by atoms with Gasteiger partial charge in [0.2, 0.25) is 0 Å². The van der Waals surface area contributed by atoms with Crippen LogP contribution >= 0.6 is 0 Å². The minimum absolute atomic E-state index is 0.0895. The molecular formula is C14H12O8Sn. The van der Waals surface area contributed by atoms with E-state index in [2.05, 4.69) is 0 Å². The van der Waals surface area contributed by atoms with Crippen LogP contribution in [0.25, 0.3) is 0 Å². The maximum atomic E-state index is 12.2. The summed E-state index contributed by atoms with van der Waals surface area (Å²) < 4.78 is 17.5. The SMILES string of the molecule is O=[C](c1ccccc1)[Sn]([OH])([OH])[C](=O)c1cc(O)c(O)c(O)c1O. The van der Waals surface area contributed by atoms with E-state index in [0.29, 0.717) is 6.07 Å². The van der Waals surface area contributed by atoms with Crippen LogP contribution in [0.1, 0.15) is 20.7 Å². The molecule has 0 atom stereocenters. The number of carbonyl (C=O) groups is 2. The molecule has 0 heterocycles. The number of carbonyl (C=O) groups excluding carboxylic acids is 2. The minimum atomic E-state index is -6.09. The zero-order chi connectivity index (χ0) is 17.4. The average Bonchev–Trinajstić information content (AvgIpc) is 2.55. The molecule has 23 heavy (non-hydrogen) atoms. The summed E-state index contributed by atoms with van der Waals surface area (Å²) in [6.07, 6.45) is 0. The quantitative estimate of drug-likeness (QED) is 0.228. The molecule has 0 fully saturated rings. The van der Waals surface area contributed by atoms with Crippen molar-refractivity contribution in [3.05, 3.63) is 47.5 Å². The van der Waals surface area contributed by atoms with Gasteiger partial charge < -0.3 is 0 Å². The third-order valence-corrected chi connectivity index (χ3v) is 8.35. The molecule has 0 aromatic heterocycles. The van der Waals surface area contributed by atoms with E-state index in [4.69, 9.17) is 0 Å². The molecule has 0 unspecified atom stereocenters. The summed E-state index contributed by atoms with van der Waals surface area (Å²) in [4.78, 5) is 24.4. The molecule has 0 aliphatic carbocycles. The van der Waals surface area contributed by atoms with Crippen molar-refractivity contribution in [2.75, 3.05) is 0 Å². The summed E-state index contributed by atoms with van der Waals surface area (Å²) in [6, 6.07) is 7.65. The molecule has 0 aliphatic heterocycles. The number of phenolic OH excluding ortho intramolecular Hbond substituents is 4. The third kappa shape index (κ3) is 2.95. The fourth-order valence-corrected chi connectivity index (χ4v) is 5.72. The van der Waals surface area contributed by atoms with Crippen molar-refractivity contribution in [1.82, 2.24) is 0 Å². The molecule has 2 aromatic rings. The van der Waals surface area contributed by atoms with E-state index in [1.165, 1.54) is 24.3 Å². The second kappa shape index (κ2) is 6.07. The maximum absolute atomic E-state index is 12.2. The molecule has 2 rings (SSSR count). The molecule has 6 N–H and O–H groups in total. The number of rotatable bonds is 4. The molecule has 8 nitrogen and oxygen atoms in total. The first-order chi connectivity index (χ1) is 10.7. The van der Waals surface area contributed by atoms with E-state index in [9.17, 15) is 36.9 Å². The summed E-state index contributed by atoms with van der Waals surface area (Å²) in [6.45, 7) is 0. The van der Waals surface area contributed by atoms with Crippen molar-refractivity contribution in [3.8, 4) is 23.0 Å². The van der Waals surface area contributed by atoms with Crippen LogP contribution in [0.3, 0.4) is 0 Å². The Morgan fingerprint density at radius 2 is 1.35 bits per heavy atom. The van der Waals surface area contributed by atoms with Crippen molar-refractivity contribution in [2.24, 2.45) is 0 Å². The van der Waals surface area contributed by atoms with Gasteiger partial charge in [-0.3, -0.25) is 0 Å². The first-order valence-corrected chi connectivity index (χ1v) is 11.6. The molecule has 0 saturated heterocycles. The van der Waals surface area contributed by atoms with Gasteiger partial charge in [0.15, 0.2) is 0 Å². The van der Waals surface area contributed by atoms with Crippen LogP contribution in [0, 0.1) is 0 Å². The van der Waals surface area contributed by atoms with E-state index in [-0.39, 0.29) is 5.56 Å². The normalized spacial score (nSPS) is 11.2. The Morgan fingerprint density at radius 3 is 1.91 bits per heavy atom. The van der Waals surface area contributed by atoms with E-state index in [1.54, 1.807) is 6.07 Å². The monoisotopic (exact) mass is 428 g/mol. The first kappa shape index (κ1) is 17.1. The van der Waals surface area contributed by atoms with Crippen molar-refractivity contribution in [1.29, 1.82) is 0 Å². The van der Waals surface area contributed by atoms with Crippen molar-refractivity contribution < 1.29 is 36.9 Å². The number of phenols is 4. The third-order valence-electron chi connectivity index (χ3n) is 3.14. The predicted octanol–water partition coefficient (Wildman–Crippen LogP) is 0.0798. The number of benzene rings is 2. The molecule has 0 aliphatic rings. The summed E-state index contributed by atoms with van der Waals surface area (Å²) in [5.74, 6) is -4.40. The Balaban J connectivity index is 2.49. The van der Waals surface area contributed by atoms with E-state index in [0.717, 1.165) is 0 Å². The van der Waals surface area contributed by atoms with Gasteiger partial charge in [0.25, 0.3) is 0 Å². The first-order valence-electron chi connectivity index (χ1n) is 6.24. The Hall–Kier alpha value is -2.30. The van der Waals surface area contributed by atoms with Crippen LogP contribution in [0.15, 0.2) is 36.4 Å². The van der Waals surface area contributed by atoms with Gasteiger partial charge in [-0.1, -0.05) is 0 Å². The van der Waals surface area contributed by atoms with Gasteiger partial charge in [0.1, 0.15) is 0 Å². The summed E-state index contributed by atoms with van der Waals surface area (Å²) >= 11 is -6.09. The molecule has 120 valence electrons. The van der Waals surface area contributed by atoms with Crippen LogP contribution in [-0.4, -0.2) is 54.1 Å². The van der Waals surface area contributed by atoms with Crippen molar-refractivity contribution in [3.63, 3.8) is 0 Å². The van der Waals surface area contributed by atoms with Crippen LogP contribution in [0.2, 0.25) is 0 Å². The predicted molar refractivity (Wildman–Crippen MR) is 78.4 cm³/mol. The van der Waals surface area contributed by atoms with Gasteiger partial charge in [0, 0.05) is 0 Å². The molecule has 9 heteroatoms. The zero-order valence-electron chi connectivity index (χ0n) is 11.5. The summed E-state index contributed by atoms with van der Waals surface area (Å²) in [5.41, 5.74) is -0.948. The zero-order valence-corrected chi connectivity index (χ0v) is 14.3. The van der Waals surface area contributed by atoms with Gasteiger partial charge in [-0.15, -0.1) is 0 Å². The molecular weight excluding hydrogens is 415 g/mol. The van der Waals surface area contributed by atoms with Gasteiger partial charge in [-0.25, -0.2) is 0 Å². The summed E-state index contributed by atoms with van der Waals surface area (Å²) in [7, 11) is 0. The average molecular weight is 427 g/mol. The molecule has 0 saturated carbocycles. The Morgan fingerprint density at radius 1 is 0.783 bits per heavy atom. The Bertz CT molecular complexity index is 785. The molecule has 0 amide bonds. The number of hydrogen-bond donors (Lipinski definition) is 6. The van der Waals surface area contributed by atoms with Crippen LogP contribution in [0.4, 0.5) is 0 Å². The molecule has 0 bridgehead atoms. The Labute approximate surface area is 134 Å². The molecule has 0 spiro atoms. The Kier molecular flexibility index (Phi) is 4.50. The van der Waals surface area contributed by atoms with E-state index < -0.39 is 55.4 Å². The van der Waals surface area contributed by atoms with Crippen LogP contribution in [-0.2, 0) is 0 Å². The number of aromatic hydroxyl groups is 4. The second-order valence-electron chi connectivity index (χ2n) is 4.69. The standard InChI is InChI=1S/C7H5O5.C7H5O.2H2O.Sn/c8-2-3-1-4(9)6(11)7(12)5(3)10;8-6-7-4-2-1-3-5-7;;;/h1,9-12H;1-5H;2*1H2;/q;;;;+2/p-2. The van der Waals surface area contributed by atoms with E-state index in [1.807, 2.05) is 0 Å².